The third-order valence-corrected chi connectivity index (χ3v) is 14.6. The maximum Gasteiger partial charge on any atom is 4.00 e. The van der Waals surface area contributed by atoms with Gasteiger partial charge in [-0.2, -0.15) is 0 Å². The van der Waals surface area contributed by atoms with Crippen LogP contribution in [0.1, 0.15) is 94.2 Å². The minimum absolute atomic E-state index is 0. The monoisotopic (exact) mass is 698 g/mol. The van der Waals surface area contributed by atoms with E-state index in [1.54, 1.807) is 26.7 Å². The van der Waals surface area contributed by atoms with E-state index in [0.29, 0.717) is 5.92 Å². The molecule has 0 radical (unpaired) electrons. The van der Waals surface area contributed by atoms with Crippen LogP contribution in [0.15, 0.2) is 78.4 Å². The molecule has 0 bridgehead atoms. The second-order valence-electron chi connectivity index (χ2n) is 12.0. The molecule has 2 aliphatic rings. The van der Waals surface area contributed by atoms with Crippen LogP contribution < -0.4 is 52.8 Å². The molecule has 44 heavy (non-hydrogen) atoms. The molecule has 0 aromatic heterocycles. The van der Waals surface area contributed by atoms with Gasteiger partial charge in [0.05, 0.1) is 8.07 Å². The first-order valence-electron chi connectivity index (χ1n) is 16.1. The van der Waals surface area contributed by atoms with Crippen molar-refractivity contribution in [3.05, 3.63) is 117 Å². The second kappa shape index (κ2) is 18.2. The van der Waals surface area contributed by atoms with Crippen LogP contribution in [-0.4, -0.2) is 8.07 Å². The largest absolute Gasteiger partial charge is 4.00 e. The summed E-state index contributed by atoms with van der Waals surface area (Å²) in [7, 11) is -2.57. The fourth-order valence-electron chi connectivity index (χ4n) is 7.35. The SMILES string of the molecule is CCc1cc(CC)cc([Si](c2cc(CC)cc(CC)c2)(c2cc(CC)cc(CC)c2)[C-]2CCC3CC=CC=C23)c1.[Cl-].[Cl-].[Cl-].[Ti+4]. The Morgan fingerprint density at radius 1 is 0.568 bits per heavy atom. The van der Waals surface area contributed by atoms with Crippen LogP contribution in [0.25, 0.3) is 0 Å². The van der Waals surface area contributed by atoms with Crippen molar-refractivity contribution in [2.45, 2.75) is 99.3 Å². The van der Waals surface area contributed by atoms with Gasteiger partial charge in [-0.25, -0.2) is 17.2 Å². The van der Waals surface area contributed by atoms with E-state index in [1.165, 1.54) is 52.6 Å². The fraction of sp³-hybridized carbons (Fsp3) is 0.410. The summed E-state index contributed by atoms with van der Waals surface area (Å²) < 4.78 is 0. The Bertz CT molecular complexity index is 1230. The van der Waals surface area contributed by atoms with Gasteiger partial charge in [0.2, 0.25) is 0 Å². The smallest absolute Gasteiger partial charge is 1.00 e. The number of fused-ring (bicyclic) bond motifs is 1. The van der Waals surface area contributed by atoms with Gasteiger partial charge >= 0.3 is 21.7 Å². The quantitative estimate of drug-likeness (QED) is 0.144. The van der Waals surface area contributed by atoms with Crippen molar-refractivity contribution in [2.75, 3.05) is 0 Å². The zero-order valence-corrected chi connectivity index (χ0v) is 32.3. The second-order valence-corrected chi connectivity index (χ2v) is 15.8. The first-order valence-corrected chi connectivity index (χ1v) is 18.1. The van der Waals surface area contributed by atoms with Gasteiger partial charge in [0.25, 0.3) is 0 Å². The molecule has 1 fully saturated rings. The molecule has 234 valence electrons. The Balaban J connectivity index is 0.00000242. The molecule has 0 nitrogen and oxygen atoms in total. The molecule has 0 spiro atoms. The number of hydrogen-bond acceptors (Lipinski definition) is 0. The van der Waals surface area contributed by atoms with Crippen LogP contribution in [-0.2, 0) is 60.2 Å². The van der Waals surface area contributed by atoms with Crippen LogP contribution >= 0.6 is 0 Å². The van der Waals surface area contributed by atoms with E-state index in [9.17, 15) is 0 Å². The first-order chi connectivity index (χ1) is 19.5. The molecule has 0 saturated heterocycles. The Morgan fingerprint density at radius 3 is 1.23 bits per heavy atom. The molecule has 0 amide bonds. The Kier molecular flexibility index (Phi) is 16.9. The summed E-state index contributed by atoms with van der Waals surface area (Å²) in [6.07, 6.45) is 17.4. The minimum atomic E-state index is -2.57. The minimum Gasteiger partial charge on any atom is -1.00 e. The topological polar surface area (TPSA) is 0 Å². The van der Waals surface area contributed by atoms with Gasteiger partial charge in [-0.1, -0.05) is 125 Å². The van der Waals surface area contributed by atoms with Crippen molar-refractivity contribution in [3.63, 3.8) is 0 Å². The molecule has 1 saturated carbocycles. The number of halogens is 3. The van der Waals surface area contributed by atoms with Crippen LogP contribution in [0.5, 0.6) is 0 Å². The standard InChI is InChI=1S/C39H49Si.3ClH.Ti/c1-7-28-19-29(8-2)23-35(22-28)40(36-24-30(9-3)20-31(10-4)25-36,37-26-32(11-5)21-33(12-6)27-37)39-18-17-34-15-13-14-16-38(34)39;;;;/h13-14,16,19-27,34H,7-12,15,17-18H2,1-6H3;3*1H;/q-1;;;;+4/p-3. The summed E-state index contributed by atoms with van der Waals surface area (Å²) in [5, 5.41) is 4.83. The summed E-state index contributed by atoms with van der Waals surface area (Å²) >= 11 is 0. The van der Waals surface area contributed by atoms with Gasteiger partial charge in [-0.05, 0) is 84.2 Å². The zero-order valence-electron chi connectivity index (χ0n) is 27.5. The molecular weight excluding hydrogens is 651 g/mol. The van der Waals surface area contributed by atoms with Gasteiger partial charge in [0.15, 0.2) is 0 Å². The average molecular weight is 700 g/mol. The number of allylic oxidation sites excluding steroid dienone is 4. The zero-order chi connectivity index (χ0) is 28.3. The van der Waals surface area contributed by atoms with E-state index >= 15 is 0 Å². The molecule has 1 unspecified atom stereocenters. The number of hydrogen-bond donors (Lipinski definition) is 0. The van der Waals surface area contributed by atoms with Gasteiger partial charge in [-0.15, -0.1) is 12.2 Å². The first kappa shape index (κ1) is 40.8. The Labute approximate surface area is 303 Å². The molecule has 3 aromatic carbocycles. The maximum atomic E-state index is 2.62. The number of aryl methyl sites for hydroxylation is 6. The molecule has 0 heterocycles. The summed E-state index contributed by atoms with van der Waals surface area (Å²) in [6.45, 7) is 14.0. The van der Waals surface area contributed by atoms with E-state index in [0.717, 1.165) is 38.5 Å². The van der Waals surface area contributed by atoms with E-state index < -0.39 is 8.07 Å². The van der Waals surface area contributed by atoms with Crippen molar-refractivity contribution in [1.82, 2.24) is 0 Å². The normalized spacial score (nSPS) is 15.3. The van der Waals surface area contributed by atoms with Crippen LogP contribution in [0.2, 0.25) is 0 Å². The summed E-state index contributed by atoms with van der Waals surface area (Å²) in [5.74, 6) is 0.673. The van der Waals surface area contributed by atoms with Crippen LogP contribution in [0.4, 0.5) is 0 Å². The summed E-state index contributed by atoms with van der Waals surface area (Å²) in [4.78, 5) is 0. The van der Waals surface area contributed by atoms with Crippen molar-refractivity contribution in [2.24, 2.45) is 5.92 Å². The predicted molar refractivity (Wildman–Crippen MR) is 178 cm³/mol. The van der Waals surface area contributed by atoms with Gasteiger partial charge in [0, 0.05) is 0 Å². The molecule has 3 aromatic rings. The van der Waals surface area contributed by atoms with Gasteiger partial charge in [-0.3, -0.25) is 0 Å². The predicted octanol–water partition coefficient (Wildman–Crippen LogP) is -1.05. The van der Waals surface area contributed by atoms with E-state index in [2.05, 4.69) is 114 Å². The van der Waals surface area contributed by atoms with E-state index in [4.69, 9.17) is 0 Å². The van der Waals surface area contributed by atoms with Crippen molar-refractivity contribution >= 4 is 23.6 Å². The average Bonchev–Trinajstić information content (AvgIpc) is 3.45. The Hall–Kier alpha value is -1.19. The van der Waals surface area contributed by atoms with Gasteiger partial charge < -0.3 is 37.2 Å². The summed E-state index contributed by atoms with van der Waals surface area (Å²) in [5.41, 5.74) is 12.4. The molecular formula is C39H49Cl3SiTi. The van der Waals surface area contributed by atoms with Gasteiger partial charge in [0.1, 0.15) is 0 Å². The Morgan fingerprint density at radius 2 is 0.909 bits per heavy atom. The molecule has 0 aliphatic heterocycles. The van der Waals surface area contributed by atoms with Crippen LogP contribution in [0, 0.1) is 11.5 Å². The third kappa shape index (κ3) is 7.84. The third-order valence-electron chi connectivity index (χ3n) is 9.72. The van der Waals surface area contributed by atoms with E-state index in [1.807, 2.05) is 0 Å². The summed E-state index contributed by atoms with van der Waals surface area (Å²) in [6, 6.07) is 23.1. The molecule has 2 aliphatic carbocycles. The number of benzene rings is 3. The van der Waals surface area contributed by atoms with E-state index in [-0.39, 0.29) is 58.9 Å². The van der Waals surface area contributed by atoms with Crippen LogP contribution in [0.3, 0.4) is 0 Å². The molecule has 0 N–H and O–H groups in total. The molecule has 5 rings (SSSR count). The maximum absolute atomic E-state index is 2.62. The van der Waals surface area contributed by atoms with Crippen molar-refractivity contribution < 1.29 is 58.9 Å². The molecule has 5 heteroatoms. The molecule has 1 atom stereocenters. The number of rotatable bonds is 10. The van der Waals surface area contributed by atoms with Crippen molar-refractivity contribution in [3.8, 4) is 0 Å². The van der Waals surface area contributed by atoms with Crippen molar-refractivity contribution in [1.29, 1.82) is 0 Å². The fourth-order valence-corrected chi connectivity index (χ4v) is 13.0.